The van der Waals surface area contributed by atoms with E-state index in [9.17, 15) is 0 Å². The highest BCUT2D eigenvalue weighted by molar-refractivity contribution is 6.30. The van der Waals surface area contributed by atoms with Gasteiger partial charge in [0, 0.05) is 28.5 Å². The first-order valence-corrected chi connectivity index (χ1v) is 19.6. The molecule has 5 heterocycles. The Hall–Kier alpha value is -5.30. The highest BCUT2D eigenvalue weighted by Crippen LogP contribution is 2.28. The summed E-state index contributed by atoms with van der Waals surface area (Å²) >= 11 is 11.7. The number of imidazole rings is 2. The van der Waals surface area contributed by atoms with Crippen LogP contribution in [0.2, 0.25) is 10.0 Å². The molecule has 332 valence electrons. The highest BCUT2D eigenvalue weighted by atomic mass is 35.5. The van der Waals surface area contributed by atoms with E-state index in [-0.39, 0.29) is 55.0 Å². The van der Waals surface area contributed by atoms with Gasteiger partial charge in [0.05, 0.1) is 50.9 Å². The lowest BCUT2D eigenvalue weighted by molar-refractivity contribution is -0.0140. The van der Waals surface area contributed by atoms with Gasteiger partial charge in [-0.3, -0.25) is 20.1 Å². The van der Waals surface area contributed by atoms with E-state index in [1.807, 2.05) is 111 Å². The average molecular weight is 932 g/mol. The number of aromatic nitrogens is 6. The maximum Gasteiger partial charge on any atom is 0.238 e. The Morgan fingerprint density at radius 1 is 0.839 bits per heavy atom. The van der Waals surface area contributed by atoms with Gasteiger partial charge < -0.3 is 29.1 Å². The lowest BCUT2D eigenvalue weighted by Gasteiger charge is -2.28. The summed E-state index contributed by atoms with van der Waals surface area (Å²) in [6.07, 6.45) is 6.73. The standard InChI is InChI=1S/C20H20ClN5O2.C13H16N4O2.C9H13ClN2O.2ClH/c1-12-10-26(11-22-12)17-9-8-16(24-20(17)27-3)19-23-13(2)18(28-25-19)14-4-6-15(21)7-5-14;1-4-19-12(14)10-5-6-11(13(16-10)18-3)17-7-9(2)15-8-17;1-6(11)9(13-12)7-2-4-8(10)5-3-7;;/h4-11,13,18H,1-3H3,(H,23,25);5-8,14H,4H2,1-3H3;2-6,9H,11-12H2,1H3;2*1H/t13-,18-;;6-,9-;;/m0.0../s1. The van der Waals surface area contributed by atoms with Crippen LogP contribution in [0.25, 0.3) is 11.4 Å². The minimum Gasteiger partial charge on any atom is -0.479 e. The molecule has 7 rings (SSSR count). The maximum atomic E-state index is 7.72. The van der Waals surface area contributed by atoms with E-state index in [2.05, 4.69) is 25.4 Å². The zero-order chi connectivity index (χ0) is 43.3. The minimum absolute atomic E-state index is 0. The van der Waals surface area contributed by atoms with E-state index in [1.165, 1.54) is 0 Å². The van der Waals surface area contributed by atoms with Crippen molar-refractivity contribution >= 4 is 59.7 Å². The van der Waals surface area contributed by atoms with E-state index in [4.69, 9.17) is 69.1 Å². The van der Waals surface area contributed by atoms with Crippen LogP contribution in [-0.2, 0) is 14.4 Å². The van der Waals surface area contributed by atoms with Crippen molar-refractivity contribution in [3.8, 4) is 23.1 Å². The molecule has 4 aromatic heterocycles. The Kier molecular flexibility index (Phi) is 20.1. The number of nitrogens with zero attached hydrogens (tertiary/aromatic N) is 7. The Labute approximate surface area is 383 Å². The molecule has 0 unspecified atom stereocenters. The molecule has 0 bridgehead atoms. The summed E-state index contributed by atoms with van der Waals surface area (Å²) in [7, 11) is 3.13. The van der Waals surface area contributed by atoms with Crippen LogP contribution in [0.15, 0.2) is 103 Å². The van der Waals surface area contributed by atoms with Gasteiger partial charge in [0.15, 0.2) is 5.84 Å². The summed E-state index contributed by atoms with van der Waals surface area (Å²) in [5.41, 5.74) is 15.0. The van der Waals surface area contributed by atoms with Gasteiger partial charge in [-0.2, -0.15) is 0 Å². The summed E-state index contributed by atoms with van der Waals surface area (Å²) in [4.78, 5) is 32.6. The molecule has 0 radical (unpaired) electrons. The molecular formula is C42H51Cl4N11O5. The number of nitrogens with one attached hydrogen (secondary N) is 2. The number of hydrogen-bond acceptors (Lipinski definition) is 14. The largest absolute Gasteiger partial charge is 0.479 e. The summed E-state index contributed by atoms with van der Waals surface area (Å²) in [5.74, 6) is 6.64. The Morgan fingerprint density at radius 2 is 1.37 bits per heavy atom. The second-order valence-electron chi connectivity index (χ2n) is 13.4. The minimum atomic E-state index is -0.280. The Morgan fingerprint density at radius 3 is 1.84 bits per heavy atom. The van der Waals surface area contributed by atoms with Crippen molar-refractivity contribution in [3.63, 3.8) is 0 Å². The number of halogens is 4. The quantitative estimate of drug-likeness (QED) is 0.0553. The normalized spacial score (nSPS) is 15.0. The molecule has 62 heavy (non-hydrogen) atoms. The van der Waals surface area contributed by atoms with E-state index in [0.717, 1.165) is 33.9 Å². The predicted octanol–water partition coefficient (Wildman–Crippen LogP) is 8.06. The smallest absolute Gasteiger partial charge is 0.238 e. The number of hydrogen-bond donors (Lipinski definition) is 4. The SMILES string of the molecule is CCOC(=N)c1ccc(-n2cnc(C)c2)c(OC)n1.COc1nc(C2=N[C@@H](C)[C@@H](c3ccc(Cl)cc3)ON2)ccc1-n1cnc(C)c1.C[C@H](N)[C@H](ON)c1ccc(Cl)cc1.Cl.Cl. The molecule has 0 fully saturated rings. The molecule has 20 heteroatoms. The first kappa shape index (κ1) is 51.1. The molecule has 0 saturated carbocycles. The van der Waals surface area contributed by atoms with Gasteiger partial charge in [-0.25, -0.2) is 31.3 Å². The third kappa shape index (κ3) is 13.3. The van der Waals surface area contributed by atoms with E-state index >= 15 is 0 Å². The lowest BCUT2D eigenvalue weighted by Crippen LogP contribution is -2.37. The van der Waals surface area contributed by atoms with Crippen LogP contribution in [0.1, 0.15) is 66.9 Å². The van der Waals surface area contributed by atoms with Gasteiger partial charge in [-0.15, -0.1) is 24.8 Å². The molecule has 1 aliphatic heterocycles. The molecule has 16 nitrogen and oxygen atoms in total. The topological polar surface area (TPSA) is 208 Å². The molecule has 4 atom stereocenters. The number of amidine groups is 1. The summed E-state index contributed by atoms with van der Waals surface area (Å²) in [6, 6.07) is 21.9. The number of aryl methyl sites for hydroxylation is 2. The molecule has 0 saturated heterocycles. The summed E-state index contributed by atoms with van der Waals surface area (Å²) in [6.45, 7) is 9.95. The summed E-state index contributed by atoms with van der Waals surface area (Å²) < 4.78 is 19.6. The average Bonchev–Trinajstić information content (AvgIpc) is 3.89. The zero-order valence-corrected chi connectivity index (χ0v) is 38.3. The van der Waals surface area contributed by atoms with E-state index < -0.39 is 0 Å². The number of aliphatic imine (C=N–C) groups is 1. The molecule has 0 amide bonds. The van der Waals surface area contributed by atoms with Gasteiger partial charge in [-0.05, 0) is 94.3 Å². The van der Waals surface area contributed by atoms with Crippen LogP contribution in [0.4, 0.5) is 0 Å². The number of benzene rings is 2. The van der Waals surface area contributed by atoms with Crippen LogP contribution in [0.3, 0.4) is 0 Å². The second-order valence-corrected chi connectivity index (χ2v) is 14.3. The van der Waals surface area contributed by atoms with Crippen LogP contribution < -0.4 is 26.6 Å². The lowest BCUT2D eigenvalue weighted by atomic mass is 10.0. The fourth-order valence-electron chi connectivity index (χ4n) is 5.93. The van der Waals surface area contributed by atoms with Crippen LogP contribution in [0.5, 0.6) is 11.8 Å². The van der Waals surface area contributed by atoms with E-state index in [0.29, 0.717) is 45.6 Å². The molecule has 0 spiro atoms. The third-order valence-corrected chi connectivity index (χ3v) is 9.39. The van der Waals surface area contributed by atoms with Crippen LogP contribution >= 0.6 is 48.0 Å². The second kappa shape index (κ2) is 24.4. The number of rotatable bonds is 11. The first-order valence-electron chi connectivity index (χ1n) is 18.8. The summed E-state index contributed by atoms with van der Waals surface area (Å²) in [5, 5.41) is 9.09. The highest BCUT2D eigenvalue weighted by Gasteiger charge is 2.27. The van der Waals surface area contributed by atoms with Gasteiger partial charge in [-0.1, -0.05) is 47.5 Å². The number of pyridine rings is 2. The van der Waals surface area contributed by atoms with E-state index in [1.54, 1.807) is 45.1 Å². The third-order valence-electron chi connectivity index (χ3n) is 8.89. The van der Waals surface area contributed by atoms with Crippen molar-refractivity contribution in [2.24, 2.45) is 16.6 Å². The van der Waals surface area contributed by atoms with Gasteiger partial charge in [0.2, 0.25) is 17.7 Å². The molecule has 0 aliphatic carbocycles. The fourth-order valence-corrected chi connectivity index (χ4v) is 6.19. The van der Waals surface area contributed by atoms with Gasteiger partial charge >= 0.3 is 0 Å². The molecule has 6 N–H and O–H groups in total. The van der Waals surface area contributed by atoms with Crippen molar-refractivity contribution in [1.82, 2.24) is 34.6 Å². The maximum absolute atomic E-state index is 7.72. The predicted molar refractivity (Wildman–Crippen MR) is 246 cm³/mol. The Balaban J connectivity index is 0.000000263. The van der Waals surface area contributed by atoms with Crippen molar-refractivity contribution in [2.45, 2.75) is 58.9 Å². The number of methoxy groups -OCH3 is 2. The van der Waals surface area contributed by atoms with Crippen LogP contribution in [-0.4, -0.2) is 73.7 Å². The van der Waals surface area contributed by atoms with Gasteiger partial charge in [0.25, 0.3) is 0 Å². The monoisotopic (exact) mass is 929 g/mol. The van der Waals surface area contributed by atoms with Crippen molar-refractivity contribution in [2.75, 3.05) is 20.8 Å². The molecule has 6 aromatic rings. The number of nitrogens with two attached hydrogens (primary N) is 2. The van der Waals surface area contributed by atoms with Crippen LogP contribution in [0, 0.1) is 19.3 Å². The first-order chi connectivity index (χ1) is 28.8. The number of hydroxylamine groups is 1. The van der Waals surface area contributed by atoms with Crippen molar-refractivity contribution in [3.05, 3.63) is 142 Å². The number of ether oxygens (including phenoxy) is 3. The fraction of sp³-hybridized carbons (Fsp3) is 0.286. The Bertz CT molecular complexity index is 2360. The molecular weight excluding hydrogens is 880 g/mol. The van der Waals surface area contributed by atoms with Crippen molar-refractivity contribution in [1.29, 1.82) is 5.41 Å². The molecule has 2 aromatic carbocycles. The molecule has 1 aliphatic rings. The zero-order valence-electron chi connectivity index (χ0n) is 35.2. The van der Waals surface area contributed by atoms with Gasteiger partial charge in [0.1, 0.15) is 35.0 Å². The van der Waals surface area contributed by atoms with Crippen molar-refractivity contribution < 1.29 is 23.9 Å².